The number of pyridine rings is 1. The van der Waals surface area contributed by atoms with Gasteiger partial charge in [-0.15, -0.1) is 0 Å². The largest absolute Gasteiger partial charge is 0.393 e. The minimum Gasteiger partial charge on any atom is -0.393 e. The molecule has 0 radical (unpaired) electrons. The number of rotatable bonds is 2. The van der Waals surface area contributed by atoms with Crippen LogP contribution in [0.25, 0.3) is 5.69 Å². The van der Waals surface area contributed by atoms with Crippen LogP contribution in [-0.2, 0) is 0 Å². The summed E-state index contributed by atoms with van der Waals surface area (Å²) in [6, 6.07) is 9.91. The van der Waals surface area contributed by atoms with Crippen molar-refractivity contribution >= 4 is 11.4 Å². The van der Waals surface area contributed by atoms with E-state index in [1.54, 1.807) is 17.0 Å². The third-order valence-electron chi connectivity index (χ3n) is 2.22. The maximum Gasteiger partial charge on any atom is 0.276 e. The van der Waals surface area contributed by atoms with Crippen LogP contribution in [0.3, 0.4) is 0 Å². The minimum absolute atomic E-state index is 0.0283. The maximum atomic E-state index is 10.7. The molecule has 5 heteroatoms. The Kier molecular flexibility index (Phi) is 2.51. The molecule has 0 aliphatic carbocycles. The molecule has 1 aromatic heterocycles. The van der Waals surface area contributed by atoms with E-state index in [0.29, 0.717) is 11.4 Å². The molecule has 80 valence electrons. The van der Waals surface area contributed by atoms with Crippen LogP contribution in [0, 0.1) is 10.1 Å². The van der Waals surface area contributed by atoms with Gasteiger partial charge < -0.3 is 5.73 Å². The number of nitro benzene ring substituents is 1. The van der Waals surface area contributed by atoms with Crippen LogP contribution in [0.2, 0.25) is 0 Å². The van der Waals surface area contributed by atoms with Crippen molar-refractivity contribution in [3.05, 3.63) is 58.9 Å². The maximum absolute atomic E-state index is 10.7. The Labute approximate surface area is 91.9 Å². The Hall–Kier alpha value is -2.43. The van der Waals surface area contributed by atoms with E-state index in [2.05, 4.69) is 0 Å². The molecule has 2 N–H and O–H groups in total. The van der Waals surface area contributed by atoms with Crippen molar-refractivity contribution in [2.45, 2.75) is 0 Å². The molecule has 0 aliphatic heterocycles. The smallest absolute Gasteiger partial charge is 0.276 e. The van der Waals surface area contributed by atoms with Crippen molar-refractivity contribution in [1.29, 1.82) is 0 Å². The second-order valence-corrected chi connectivity index (χ2v) is 3.28. The highest BCUT2D eigenvalue weighted by molar-refractivity contribution is 5.57. The molecule has 0 aliphatic rings. The number of hydrogen-bond donors (Lipinski definition) is 1. The van der Waals surface area contributed by atoms with E-state index in [1.165, 1.54) is 18.2 Å². The molecule has 0 bridgehead atoms. The molecule has 16 heavy (non-hydrogen) atoms. The minimum atomic E-state index is -0.438. The lowest BCUT2D eigenvalue weighted by molar-refractivity contribution is -0.595. The number of nitrogens with two attached hydrogens (primary N) is 1. The Morgan fingerprint density at radius 1 is 1.19 bits per heavy atom. The van der Waals surface area contributed by atoms with Gasteiger partial charge in [-0.25, -0.2) is 0 Å². The number of nitrogens with zero attached hydrogens (tertiary/aromatic N) is 2. The summed E-state index contributed by atoms with van der Waals surface area (Å²) < 4.78 is 1.74. The fourth-order valence-electron chi connectivity index (χ4n) is 1.43. The molecule has 1 aromatic carbocycles. The van der Waals surface area contributed by atoms with E-state index in [1.807, 2.05) is 18.2 Å². The fraction of sp³-hybridized carbons (Fsp3) is 0. The van der Waals surface area contributed by atoms with Crippen molar-refractivity contribution in [1.82, 2.24) is 0 Å². The first-order valence-electron chi connectivity index (χ1n) is 4.69. The van der Waals surface area contributed by atoms with Crippen LogP contribution in [-0.4, -0.2) is 4.92 Å². The molecule has 0 saturated carbocycles. The monoisotopic (exact) mass is 216 g/mol. The van der Waals surface area contributed by atoms with E-state index in [9.17, 15) is 10.1 Å². The molecule has 5 nitrogen and oxygen atoms in total. The number of nitrogen functional groups attached to an aromatic ring is 1. The quantitative estimate of drug-likeness (QED) is 0.357. The van der Waals surface area contributed by atoms with Crippen LogP contribution >= 0.6 is 0 Å². The number of non-ortho nitro benzene ring substituents is 1. The van der Waals surface area contributed by atoms with Gasteiger partial charge in [-0.2, -0.15) is 4.57 Å². The summed E-state index contributed by atoms with van der Waals surface area (Å²) in [6.45, 7) is 0. The number of benzene rings is 1. The highest BCUT2D eigenvalue weighted by Crippen LogP contribution is 2.19. The van der Waals surface area contributed by atoms with E-state index < -0.39 is 4.92 Å². The molecule has 2 aromatic rings. The summed E-state index contributed by atoms with van der Waals surface area (Å²) in [4.78, 5) is 10.2. The zero-order valence-corrected chi connectivity index (χ0v) is 8.41. The average Bonchev–Trinajstić information content (AvgIpc) is 2.30. The summed E-state index contributed by atoms with van der Waals surface area (Å²) in [5, 5.41) is 10.7. The average molecular weight is 216 g/mol. The highest BCUT2D eigenvalue weighted by atomic mass is 16.6. The van der Waals surface area contributed by atoms with Gasteiger partial charge in [0.25, 0.3) is 5.69 Å². The highest BCUT2D eigenvalue weighted by Gasteiger charge is 2.15. The van der Waals surface area contributed by atoms with Crippen molar-refractivity contribution in [2.24, 2.45) is 0 Å². The molecule has 0 spiro atoms. The molecular formula is C11H10N3O2+. The summed E-state index contributed by atoms with van der Waals surface area (Å²) >= 11 is 0. The van der Waals surface area contributed by atoms with Gasteiger partial charge in [0, 0.05) is 18.2 Å². The molecule has 1 heterocycles. The van der Waals surface area contributed by atoms with Crippen LogP contribution < -0.4 is 10.3 Å². The second-order valence-electron chi connectivity index (χ2n) is 3.28. The zero-order chi connectivity index (χ0) is 11.5. The number of aromatic nitrogens is 1. The molecule has 0 amide bonds. The molecular weight excluding hydrogens is 206 g/mol. The van der Waals surface area contributed by atoms with E-state index in [-0.39, 0.29) is 5.69 Å². The first kappa shape index (κ1) is 10.1. The lowest BCUT2D eigenvalue weighted by atomic mass is 10.2. The van der Waals surface area contributed by atoms with Crippen molar-refractivity contribution in [2.75, 3.05) is 5.73 Å². The van der Waals surface area contributed by atoms with Gasteiger partial charge >= 0.3 is 0 Å². The third kappa shape index (κ3) is 1.83. The van der Waals surface area contributed by atoms with Gasteiger partial charge in [0.05, 0.1) is 11.0 Å². The standard InChI is InChI=1S/C11H10N3O2/c12-10-5-4-9(14(15)16)8-11(10)13-6-2-1-3-7-13/h1-8H,12H2/q+1. The van der Waals surface area contributed by atoms with Crippen LogP contribution in [0.1, 0.15) is 0 Å². The van der Waals surface area contributed by atoms with Gasteiger partial charge in [-0.05, 0) is 6.07 Å². The Morgan fingerprint density at radius 2 is 1.88 bits per heavy atom. The summed E-state index contributed by atoms with van der Waals surface area (Å²) in [5.41, 5.74) is 6.91. The molecule has 0 atom stereocenters. The van der Waals surface area contributed by atoms with Gasteiger partial charge in [0.2, 0.25) is 5.69 Å². The Bertz CT molecular complexity index is 526. The van der Waals surface area contributed by atoms with E-state index in [0.717, 1.165) is 0 Å². The number of nitro groups is 1. The van der Waals surface area contributed by atoms with Crippen molar-refractivity contribution in [3.8, 4) is 5.69 Å². The molecule has 0 saturated heterocycles. The normalized spacial score (nSPS) is 10.0. The van der Waals surface area contributed by atoms with Gasteiger partial charge in [-0.1, -0.05) is 6.07 Å². The predicted molar refractivity (Wildman–Crippen MR) is 59.0 cm³/mol. The molecule has 0 fully saturated rings. The van der Waals surface area contributed by atoms with Gasteiger partial charge in [0.1, 0.15) is 5.69 Å². The fourth-order valence-corrected chi connectivity index (χ4v) is 1.43. The van der Waals surface area contributed by atoms with Crippen LogP contribution in [0.5, 0.6) is 0 Å². The lowest BCUT2D eigenvalue weighted by Gasteiger charge is -1.99. The molecule has 2 rings (SSSR count). The SMILES string of the molecule is Nc1ccc([N+](=O)[O-])cc1-[n+]1ccccc1. The second kappa shape index (κ2) is 3.98. The van der Waals surface area contributed by atoms with Crippen LogP contribution in [0.4, 0.5) is 11.4 Å². The van der Waals surface area contributed by atoms with Crippen LogP contribution in [0.15, 0.2) is 48.8 Å². The Morgan fingerprint density at radius 3 is 2.50 bits per heavy atom. The predicted octanol–water partition coefficient (Wildman–Crippen LogP) is 1.45. The number of anilines is 1. The zero-order valence-electron chi connectivity index (χ0n) is 8.41. The third-order valence-corrected chi connectivity index (χ3v) is 2.22. The number of hydrogen-bond acceptors (Lipinski definition) is 3. The first-order valence-corrected chi connectivity index (χ1v) is 4.69. The first-order chi connectivity index (χ1) is 7.68. The van der Waals surface area contributed by atoms with E-state index in [4.69, 9.17) is 5.73 Å². The van der Waals surface area contributed by atoms with Crippen molar-refractivity contribution < 1.29 is 9.49 Å². The van der Waals surface area contributed by atoms with Gasteiger partial charge in [-0.3, -0.25) is 10.1 Å². The summed E-state index contributed by atoms with van der Waals surface area (Å²) in [7, 11) is 0. The van der Waals surface area contributed by atoms with Gasteiger partial charge in [0.15, 0.2) is 12.4 Å². The van der Waals surface area contributed by atoms with E-state index >= 15 is 0 Å². The summed E-state index contributed by atoms with van der Waals surface area (Å²) in [5.74, 6) is 0. The lowest BCUT2D eigenvalue weighted by Crippen LogP contribution is -2.30. The van der Waals surface area contributed by atoms with Crippen molar-refractivity contribution in [3.63, 3.8) is 0 Å². The Balaban J connectivity index is 2.56. The topological polar surface area (TPSA) is 73.0 Å². The molecule has 0 unspecified atom stereocenters. The summed E-state index contributed by atoms with van der Waals surface area (Å²) in [6.07, 6.45) is 3.57.